The number of halogens is 1. The number of nitrogens with one attached hydrogen (secondary N) is 1. The van der Waals surface area contributed by atoms with E-state index in [2.05, 4.69) is 37.2 Å². The van der Waals surface area contributed by atoms with Gasteiger partial charge in [0.1, 0.15) is 0 Å². The Kier molecular flexibility index (Phi) is 5.94. The first kappa shape index (κ1) is 15.4. The molecule has 0 spiro atoms. The van der Waals surface area contributed by atoms with Gasteiger partial charge in [-0.3, -0.25) is 14.7 Å². The second-order valence-corrected chi connectivity index (χ2v) is 6.20. The van der Waals surface area contributed by atoms with Crippen molar-refractivity contribution in [3.05, 3.63) is 28.5 Å². The zero-order valence-electron chi connectivity index (χ0n) is 11.4. The number of pyridine rings is 1. The van der Waals surface area contributed by atoms with Gasteiger partial charge in [0.25, 0.3) is 0 Å². The molecule has 1 aliphatic heterocycles. The molecule has 6 heteroatoms. The second-order valence-electron chi connectivity index (χ2n) is 5.28. The van der Waals surface area contributed by atoms with Gasteiger partial charge in [0.2, 0.25) is 0 Å². The lowest BCUT2D eigenvalue weighted by atomic mass is 9.97. The minimum Gasteiger partial charge on any atom is -0.480 e. The molecule has 2 heterocycles. The molecule has 1 fully saturated rings. The van der Waals surface area contributed by atoms with Crippen LogP contribution in [0, 0.1) is 5.92 Å². The van der Waals surface area contributed by atoms with Gasteiger partial charge in [-0.25, -0.2) is 0 Å². The van der Waals surface area contributed by atoms with Crippen LogP contribution in [0.1, 0.15) is 18.4 Å². The molecule has 1 saturated heterocycles. The average Bonchev–Trinajstić information content (AvgIpc) is 2.39. The fraction of sp³-hybridized carbons (Fsp3) is 0.571. The molecule has 0 amide bonds. The van der Waals surface area contributed by atoms with Crippen LogP contribution in [0.15, 0.2) is 22.9 Å². The zero-order chi connectivity index (χ0) is 14.4. The molecule has 0 radical (unpaired) electrons. The lowest BCUT2D eigenvalue weighted by Gasteiger charge is -2.32. The minimum absolute atomic E-state index is 0.0477. The topological polar surface area (TPSA) is 65.5 Å². The highest BCUT2D eigenvalue weighted by Gasteiger charge is 2.19. The van der Waals surface area contributed by atoms with E-state index in [0.717, 1.165) is 30.7 Å². The van der Waals surface area contributed by atoms with Gasteiger partial charge >= 0.3 is 5.97 Å². The average molecular weight is 342 g/mol. The molecular weight excluding hydrogens is 322 g/mol. The number of hydrogen-bond acceptors (Lipinski definition) is 4. The van der Waals surface area contributed by atoms with E-state index >= 15 is 0 Å². The van der Waals surface area contributed by atoms with Gasteiger partial charge in [-0.05, 0) is 59.4 Å². The van der Waals surface area contributed by atoms with Crippen molar-refractivity contribution in [3.8, 4) is 0 Å². The number of piperidine rings is 1. The van der Waals surface area contributed by atoms with Crippen molar-refractivity contribution in [3.63, 3.8) is 0 Å². The summed E-state index contributed by atoms with van der Waals surface area (Å²) in [6.07, 6.45) is 6.02. The normalized spacial score (nSPS) is 19.9. The molecule has 0 saturated carbocycles. The minimum atomic E-state index is -0.794. The van der Waals surface area contributed by atoms with Crippen molar-refractivity contribution in [2.24, 2.45) is 5.92 Å². The van der Waals surface area contributed by atoms with Crippen molar-refractivity contribution in [1.82, 2.24) is 15.2 Å². The maximum Gasteiger partial charge on any atom is 0.317 e. The molecule has 2 N–H and O–H groups in total. The number of aliphatic carboxylic acids is 1. The summed E-state index contributed by atoms with van der Waals surface area (Å²) in [6.45, 7) is 3.84. The van der Waals surface area contributed by atoms with Crippen LogP contribution in [0.5, 0.6) is 0 Å². The van der Waals surface area contributed by atoms with Crippen molar-refractivity contribution in [2.45, 2.75) is 19.4 Å². The summed E-state index contributed by atoms with van der Waals surface area (Å²) >= 11 is 3.44. The molecule has 1 aliphatic rings. The number of likely N-dealkylation sites (tertiary alicyclic amines) is 1. The fourth-order valence-corrected chi connectivity index (χ4v) is 3.06. The molecule has 0 aliphatic carbocycles. The number of carbonyl (C=O) groups is 1. The molecule has 1 aromatic heterocycles. The van der Waals surface area contributed by atoms with E-state index in [1.54, 1.807) is 6.20 Å². The monoisotopic (exact) mass is 341 g/mol. The van der Waals surface area contributed by atoms with Crippen LogP contribution in [-0.4, -0.2) is 47.1 Å². The Morgan fingerprint density at radius 3 is 3.15 bits per heavy atom. The van der Waals surface area contributed by atoms with Gasteiger partial charge in [-0.2, -0.15) is 0 Å². The van der Waals surface area contributed by atoms with E-state index < -0.39 is 5.97 Å². The molecule has 0 bridgehead atoms. The molecule has 2 rings (SSSR count). The van der Waals surface area contributed by atoms with E-state index in [4.69, 9.17) is 5.11 Å². The summed E-state index contributed by atoms with van der Waals surface area (Å²) in [5, 5.41) is 11.6. The maximum absolute atomic E-state index is 10.5. The summed E-state index contributed by atoms with van der Waals surface area (Å²) in [6, 6.07) is 2.10. The SMILES string of the molecule is O=C(O)CNCC1CCCN(Cc2cncc(Br)c2)C1. The summed E-state index contributed by atoms with van der Waals surface area (Å²) in [5.41, 5.74) is 1.21. The molecule has 1 aromatic rings. The first-order valence-electron chi connectivity index (χ1n) is 6.88. The Labute approximate surface area is 127 Å². The number of carboxylic acids is 1. The number of carboxylic acid groups (broad SMARTS) is 1. The van der Waals surface area contributed by atoms with Gasteiger partial charge in [0, 0.05) is 30.0 Å². The highest BCUT2D eigenvalue weighted by atomic mass is 79.9. The smallest absolute Gasteiger partial charge is 0.317 e. The summed E-state index contributed by atoms with van der Waals surface area (Å²) in [5.74, 6) is -0.263. The third-order valence-electron chi connectivity index (χ3n) is 3.48. The first-order valence-corrected chi connectivity index (χ1v) is 7.67. The van der Waals surface area contributed by atoms with E-state index in [1.165, 1.54) is 18.4 Å². The van der Waals surface area contributed by atoms with Crippen LogP contribution < -0.4 is 5.32 Å². The predicted octanol–water partition coefficient (Wildman–Crippen LogP) is 1.73. The van der Waals surface area contributed by atoms with Crippen LogP contribution in [0.4, 0.5) is 0 Å². The largest absolute Gasteiger partial charge is 0.480 e. The van der Waals surface area contributed by atoms with Crippen LogP contribution in [-0.2, 0) is 11.3 Å². The van der Waals surface area contributed by atoms with Crippen molar-refractivity contribution >= 4 is 21.9 Å². The molecule has 5 nitrogen and oxygen atoms in total. The first-order chi connectivity index (χ1) is 9.63. The second kappa shape index (κ2) is 7.71. The van der Waals surface area contributed by atoms with Crippen LogP contribution in [0.3, 0.4) is 0 Å². The number of rotatable bonds is 6. The third kappa shape index (κ3) is 5.19. The molecule has 110 valence electrons. The van der Waals surface area contributed by atoms with Crippen LogP contribution >= 0.6 is 15.9 Å². The lowest BCUT2D eigenvalue weighted by molar-refractivity contribution is -0.136. The molecular formula is C14H20BrN3O2. The Balaban J connectivity index is 1.79. The standard InChI is InChI=1S/C14H20BrN3O2/c15-13-4-12(6-16-7-13)10-18-3-1-2-11(9-18)5-17-8-14(19)20/h4,6-7,11,17H,1-3,5,8-10H2,(H,19,20). The highest BCUT2D eigenvalue weighted by molar-refractivity contribution is 9.10. The van der Waals surface area contributed by atoms with Crippen LogP contribution in [0.2, 0.25) is 0 Å². The van der Waals surface area contributed by atoms with Crippen molar-refractivity contribution < 1.29 is 9.90 Å². The molecule has 0 aromatic carbocycles. The Morgan fingerprint density at radius 2 is 2.40 bits per heavy atom. The van der Waals surface area contributed by atoms with E-state index in [1.807, 2.05) is 6.20 Å². The highest BCUT2D eigenvalue weighted by Crippen LogP contribution is 2.19. The van der Waals surface area contributed by atoms with Crippen molar-refractivity contribution in [2.75, 3.05) is 26.2 Å². The Hall–Kier alpha value is -0.980. The number of aromatic nitrogens is 1. The Morgan fingerprint density at radius 1 is 1.55 bits per heavy atom. The van der Waals surface area contributed by atoms with Gasteiger partial charge in [0.15, 0.2) is 0 Å². The van der Waals surface area contributed by atoms with E-state index in [9.17, 15) is 4.79 Å². The lowest BCUT2D eigenvalue weighted by Crippen LogP contribution is -2.40. The predicted molar refractivity (Wildman–Crippen MR) is 80.4 cm³/mol. The van der Waals surface area contributed by atoms with Crippen molar-refractivity contribution in [1.29, 1.82) is 0 Å². The van der Waals surface area contributed by atoms with E-state index in [-0.39, 0.29) is 6.54 Å². The number of nitrogens with zero attached hydrogens (tertiary/aromatic N) is 2. The van der Waals surface area contributed by atoms with Gasteiger partial charge in [0.05, 0.1) is 6.54 Å². The van der Waals surface area contributed by atoms with Gasteiger partial charge in [-0.15, -0.1) is 0 Å². The zero-order valence-corrected chi connectivity index (χ0v) is 13.0. The maximum atomic E-state index is 10.5. The summed E-state index contributed by atoms with van der Waals surface area (Å²) < 4.78 is 1.01. The fourth-order valence-electron chi connectivity index (χ4n) is 2.65. The quantitative estimate of drug-likeness (QED) is 0.824. The summed E-state index contributed by atoms with van der Waals surface area (Å²) in [7, 11) is 0. The molecule has 1 unspecified atom stereocenters. The molecule has 1 atom stereocenters. The van der Waals surface area contributed by atoms with Gasteiger partial charge < -0.3 is 10.4 Å². The third-order valence-corrected chi connectivity index (χ3v) is 3.91. The molecule has 20 heavy (non-hydrogen) atoms. The van der Waals surface area contributed by atoms with Crippen LogP contribution in [0.25, 0.3) is 0 Å². The Bertz CT molecular complexity index is 456. The summed E-state index contributed by atoms with van der Waals surface area (Å²) in [4.78, 5) is 17.1. The number of hydrogen-bond donors (Lipinski definition) is 2. The van der Waals surface area contributed by atoms with E-state index in [0.29, 0.717) is 5.92 Å². The van der Waals surface area contributed by atoms with Gasteiger partial charge in [-0.1, -0.05) is 0 Å².